The first-order chi connectivity index (χ1) is 44.4. The molecule has 6 aliphatic carbocycles. The van der Waals surface area contributed by atoms with Crippen molar-refractivity contribution < 1.29 is 67.2 Å². The molecule has 8 aliphatic rings. The molecule has 0 bridgehead atoms. The number of rotatable bonds is 17. The van der Waals surface area contributed by atoms with E-state index in [-0.39, 0.29) is 54.7 Å². The summed E-state index contributed by atoms with van der Waals surface area (Å²) in [5, 5.41) is 16.8. The highest BCUT2D eigenvalue weighted by atomic mass is 19.4. The number of pyridine rings is 3. The van der Waals surface area contributed by atoms with E-state index in [0.717, 1.165) is 74.4 Å². The second kappa shape index (κ2) is 26.0. The molecule has 2 saturated heterocycles. The van der Waals surface area contributed by atoms with Crippen molar-refractivity contribution >= 4 is 17.5 Å². The van der Waals surface area contributed by atoms with Gasteiger partial charge < -0.3 is 41.5 Å². The van der Waals surface area contributed by atoms with E-state index < -0.39 is 53.7 Å². The number of alkyl halides is 11. The summed E-state index contributed by atoms with van der Waals surface area (Å²) in [4.78, 5) is 14.0. The minimum Gasteiger partial charge on any atom is -0.402 e. The van der Waals surface area contributed by atoms with Gasteiger partial charge in [0.05, 0.1) is 60.2 Å². The fourth-order valence-corrected chi connectivity index (χ4v) is 15.8. The van der Waals surface area contributed by atoms with Gasteiger partial charge >= 0.3 is 18.7 Å². The van der Waals surface area contributed by atoms with Crippen LogP contribution in [0, 0.1) is 35.5 Å². The van der Waals surface area contributed by atoms with Crippen LogP contribution in [0.1, 0.15) is 157 Å². The minimum absolute atomic E-state index is 0.0467. The monoisotopic (exact) mass is 1330 g/mol. The normalized spacial score (nSPS) is 28.0. The Hall–Kier alpha value is -6.69. The zero-order chi connectivity index (χ0) is 67.2. The maximum Gasteiger partial charge on any atom is 0.573 e. The lowest BCUT2D eigenvalue weighted by Gasteiger charge is -2.37. The van der Waals surface area contributed by atoms with E-state index in [0.29, 0.717) is 106 Å². The summed E-state index contributed by atoms with van der Waals surface area (Å²) in [7, 11) is 1.80. The first-order valence-corrected chi connectivity index (χ1v) is 32.4. The Kier molecular flexibility index (Phi) is 18.6. The number of hydrogen-bond donors (Lipinski definition) is 4. The Labute approximate surface area is 537 Å². The number of fused-ring (bicyclic) bond motifs is 3. The van der Waals surface area contributed by atoms with Crippen LogP contribution in [-0.2, 0) is 26.6 Å². The van der Waals surface area contributed by atoms with Crippen LogP contribution in [0.4, 0.5) is 65.7 Å². The van der Waals surface area contributed by atoms with Gasteiger partial charge in [0.25, 0.3) is 6.43 Å². The van der Waals surface area contributed by atoms with E-state index in [4.69, 9.17) is 36.5 Å². The fraction of sp³-hybridized carbons (Fsp3) is 0.631. The quantitative estimate of drug-likeness (QED) is 0.0624. The van der Waals surface area contributed by atoms with Crippen LogP contribution in [0.15, 0.2) is 55.0 Å². The molecule has 6 unspecified atom stereocenters. The predicted molar refractivity (Wildman–Crippen MR) is 327 cm³/mol. The van der Waals surface area contributed by atoms with Gasteiger partial charge in [0.1, 0.15) is 17.7 Å². The van der Waals surface area contributed by atoms with Crippen molar-refractivity contribution in [3.8, 4) is 39.5 Å². The zero-order valence-corrected chi connectivity index (χ0v) is 53.3. The number of methoxy groups -OCH3 is 1. The molecule has 6 aromatic heterocycles. The van der Waals surface area contributed by atoms with Crippen LogP contribution in [-0.4, -0.2) is 132 Å². The van der Waals surface area contributed by atoms with Crippen molar-refractivity contribution in [2.45, 2.75) is 184 Å². The first kappa shape index (κ1) is 67.3. The molecule has 0 spiro atoms. The van der Waals surface area contributed by atoms with Crippen LogP contribution < -0.4 is 27.3 Å². The number of nitrogens with zero attached hydrogens (tertiary/aromatic N) is 10. The van der Waals surface area contributed by atoms with E-state index in [2.05, 4.69) is 54.0 Å². The molecule has 29 heteroatoms. The molecule has 6 aromatic rings. The van der Waals surface area contributed by atoms with Crippen LogP contribution >= 0.6 is 0 Å². The molecule has 8 fully saturated rings. The molecular formula is C65H81F11N14O4. The summed E-state index contributed by atoms with van der Waals surface area (Å²) in [6.07, 6.45) is -3.00. The third kappa shape index (κ3) is 14.2. The van der Waals surface area contributed by atoms with Crippen molar-refractivity contribution in [3.63, 3.8) is 0 Å². The lowest BCUT2D eigenvalue weighted by molar-refractivity contribution is -0.274. The van der Waals surface area contributed by atoms with Crippen LogP contribution in [0.5, 0.6) is 5.75 Å². The molecule has 2 aliphatic heterocycles. The minimum atomic E-state index is -4.88. The molecule has 0 amide bonds. The van der Waals surface area contributed by atoms with Crippen LogP contribution in [0.3, 0.4) is 0 Å². The van der Waals surface area contributed by atoms with Crippen molar-refractivity contribution in [2.24, 2.45) is 35.5 Å². The SMILES string of the molecule is CC(C)n1nc(-c2cnc(N)c(C(F)(F)F)c2)cc1C1[C@H]2CC(OC3COC3)C[C@@H]12.CC(C)n1nc(-c2cnc(N)c(OC(F)(F)F)c2)cc1C1[C@H]2CC(NCC(F)F)C[C@@H]12.CO[C@H]1CCCN(C2C[C@@H]3C(c4cc(-c5cnc(N)c(C(F)(F)F)c5)nn4C(C)C)[C@@H]3C2)C1. The molecule has 6 saturated carbocycles. The van der Waals surface area contributed by atoms with Crippen LogP contribution in [0.2, 0.25) is 0 Å². The molecular weight excluding hydrogens is 1250 g/mol. The number of anilines is 3. The highest BCUT2D eigenvalue weighted by Crippen LogP contribution is 2.66. The second-order valence-corrected chi connectivity index (χ2v) is 27.5. The van der Waals surface area contributed by atoms with Crippen molar-refractivity contribution in [1.82, 2.24) is 54.5 Å². The molecule has 94 heavy (non-hydrogen) atoms. The number of ether oxygens (including phenoxy) is 4. The average Bonchev–Trinajstić information content (AvgIpc) is 1.57. The van der Waals surface area contributed by atoms with Gasteiger partial charge in [-0.3, -0.25) is 18.9 Å². The van der Waals surface area contributed by atoms with Crippen LogP contribution in [0.25, 0.3) is 33.8 Å². The number of nitrogens with two attached hydrogens (primary N) is 3. The highest BCUT2D eigenvalue weighted by molar-refractivity contribution is 5.66. The number of hydrogen-bond acceptors (Lipinski definition) is 15. The summed E-state index contributed by atoms with van der Waals surface area (Å²) in [6, 6.07) is 10.0. The Morgan fingerprint density at radius 1 is 0.564 bits per heavy atom. The largest absolute Gasteiger partial charge is 0.573 e. The lowest BCUT2D eigenvalue weighted by atomic mass is 9.99. The number of halogens is 11. The Balaban J connectivity index is 0.000000135. The van der Waals surface area contributed by atoms with Gasteiger partial charge in [-0.15, -0.1) is 13.2 Å². The second-order valence-electron chi connectivity index (χ2n) is 27.5. The highest BCUT2D eigenvalue weighted by Gasteiger charge is 2.61. The molecule has 512 valence electrons. The van der Waals surface area contributed by atoms with Gasteiger partial charge in [0.2, 0.25) is 0 Å². The maximum atomic E-state index is 13.3. The van der Waals surface area contributed by atoms with Gasteiger partial charge in [0.15, 0.2) is 11.6 Å². The number of aromatic nitrogens is 9. The first-order valence-electron chi connectivity index (χ1n) is 32.4. The third-order valence-electron chi connectivity index (χ3n) is 20.3. The topological polar surface area (TPSA) is 222 Å². The van der Waals surface area contributed by atoms with E-state index >= 15 is 0 Å². The molecule has 7 N–H and O–H groups in total. The molecule has 0 radical (unpaired) electrons. The van der Waals surface area contributed by atoms with Gasteiger partial charge in [-0.05, 0) is 171 Å². The number of nitrogens with one attached hydrogen (secondary N) is 1. The van der Waals surface area contributed by atoms with E-state index in [1.54, 1.807) is 7.11 Å². The van der Waals surface area contributed by atoms with Crippen molar-refractivity contribution in [2.75, 3.05) is 57.2 Å². The fourth-order valence-electron chi connectivity index (χ4n) is 15.8. The summed E-state index contributed by atoms with van der Waals surface area (Å²) >= 11 is 0. The summed E-state index contributed by atoms with van der Waals surface area (Å²) in [6.45, 7) is 15.4. The predicted octanol–water partition coefficient (Wildman–Crippen LogP) is 13.1. The molecule has 0 aromatic carbocycles. The maximum absolute atomic E-state index is 13.3. The van der Waals surface area contributed by atoms with E-state index in [1.807, 2.05) is 59.9 Å². The molecule has 14 rings (SSSR count). The van der Waals surface area contributed by atoms with Gasteiger partial charge in [-0.1, -0.05) is 0 Å². The Morgan fingerprint density at radius 3 is 1.38 bits per heavy atom. The number of nitrogen functional groups attached to an aromatic ring is 3. The summed E-state index contributed by atoms with van der Waals surface area (Å²) in [5.41, 5.74) is 20.4. The molecule has 18 nitrogen and oxygen atoms in total. The van der Waals surface area contributed by atoms with Crippen molar-refractivity contribution in [3.05, 3.63) is 83.2 Å². The standard InChI is InChI=1S/C24H32F3N5O.C21H25F3N4O2.C20H24F5N5O/c1-13(2)32-21(10-20(30-32)14-7-19(24(25,26)27)23(28)29-11-14)22-17-8-15(9-18(17)22)31-6-4-5-16(12-31)33-3;1-10(2)28-18(19-14-4-12(5-15(14)19)30-13-8-29-9-13)6-17(27-28)11-3-16(21(22,23)24)20(25)26-7-11;1-9(2)30-15(18-12-4-11(5-13(12)18)27-8-17(21)22)6-14(29-30)10-3-16(19(26)28-7-10)31-20(23,24)25/h7,10-11,13,15-18,22H,4-6,8-9,12H2,1-3H3,(H2,28,29);3,6-7,10,12-15,19H,4-5,8-9H2,1-2H3,(H2,25,26);3,6-7,9,11-13,17-18,27H,4-5,8H2,1-2H3,(H2,26,28)/t15?,16-,17-,18+,22?;12?,14-,15+,19?;11?,12-,13+,18?/m0../s1. The molecule has 13 atom stereocenters. The third-order valence-corrected chi connectivity index (χ3v) is 20.3. The summed E-state index contributed by atoms with van der Waals surface area (Å²) < 4.78 is 169. The Morgan fingerprint density at radius 2 is 0.989 bits per heavy atom. The van der Waals surface area contributed by atoms with Gasteiger partial charge in [-0.25, -0.2) is 23.7 Å². The van der Waals surface area contributed by atoms with Crippen molar-refractivity contribution in [1.29, 1.82) is 0 Å². The number of piperidine rings is 1. The molecule has 8 heterocycles. The summed E-state index contributed by atoms with van der Waals surface area (Å²) in [5.74, 6) is 2.25. The lowest BCUT2D eigenvalue weighted by Crippen LogP contribution is -2.44. The Bertz CT molecular complexity index is 3620. The number of likely N-dealkylation sites (tertiary alicyclic amines) is 1. The van der Waals surface area contributed by atoms with Gasteiger partial charge in [0, 0.05) is 114 Å². The smallest absolute Gasteiger partial charge is 0.402 e. The zero-order valence-electron chi connectivity index (χ0n) is 53.3. The van der Waals surface area contributed by atoms with E-state index in [1.165, 1.54) is 43.9 Å². The van der Waals surface area contributed by atoms with E-state index in [9.17, 15) is 48.3 Å². The average molecular weight is 1330 g/mol. The van der Waals surface area contributed by atoms with Gasteiger partial charge in [-0.2, -0.15) is 41.6 Å².